The minimum absolute atomic E-state index is 0.248. The second-order valence-corrected chi connectivity index (χ2v) is 10.1. The second-order valence-electron chi connectivity index (χ2n) is 10.1. The smallest absolute Gasteiger partial charge is 0.149 e. The number of methoxy groups -OCH3 is 1. The van der Waals surface area contributed by atoms with Crippen molar-refractivity contribution in [1.29, 1.82) is 0 Å². The number of pyridine rings is 1. The Kier molecular flexibility index (Phi) is 7.49. The van der Waals surface area contributed by atoms with Crippen molar-refractivity contribution in [3.8, 4) is 11.1 Å². The lowest BCUT2D eigenvalue weighted by molar-refractivity contribution is 0.161. The number of nitrogens with zero attached hydrogens (tertiary/aromatic N) is 1. The molecule has 0 saturated heterocycles. The van der Waals surface area contributed by atoms with Crippen molar-refractivity contribution in [1.82, 2.24) is 10.3 Å². The third-order valence-corrected chi connectivity index (χ3v) is 6.96. The standard InChI is InChI=1S/C26H36F2N4O/c1-17(15-33-3)31-19-5-7-20(8-6-19)32-25-13-21(23(28)14-29-25)18-4-9-22(27)24(12-18)30-16-26(2)10-11-26/h4,9,12-14,17,19-20,30-31H,5-8,10-11,15-16H2,1-3H3,(H,29,32). The highest BCUT2D eigenvalue weighted by atomic mass is 19.1. The van der Waals surface area contributed by atoms with Crippen molar-refractivity contribution in [2.45, 2.75) is 70.5 Å². The molecule has 1 aromatic carbocycles. The number of nitrogens with one attached hydrogen (secondary N) is 3. The molecule has 1 heterocycles. The third kappa shape index (κ3) is 6.42. The van der Waals surface area contributed by atoms with Crippen molar-refractivity contribution < 1.29 is 13.5 Å². The minimum Gasteiger partial charge on any atom is -0.383 e. The first kappa shape index (κ1) is 23.9. The molecule has 1 unspecified atom stereocenters. The van der Waals surface area contributed by atoms with Gasteiger partial charge in [-0.15, -0.1) is 0 Å². The average Bonchev–Trinajstić information content (AvgIpc) is 3.53. The minimum atomic E-state index is -0.410. The molecule has 0 amide bonds. The van der Waals surface area contributed by atoms with Crippen LogP contribution in [0.5, 0.6) is 0 Å². The lowest BCUT2D eigenvalue weighted by Crippen LogP contribution is -2.42. The van der Waals surface area contributed by atoms with E-state index in [2.05, 4.69) is 34.8 Å². The number of hydrogen-bond acceptors (Lipinski definition) is 5. The summed E-state index contributed by atoms with van der Waals surface area (Å²) < 4.78 is 34.2. The molecule has 1 aromatic heterocycles. The Labute approximate surface area is 195 Å². The lowest BCUT2D eigenvalue weighted by Gasteiger charge is -2.31. The van der Waals surface area contributed by atoms with Gasteiger partial charge in [-0.25, -0.2) is 13.8 Å². The molecule has 1 atom stereocenters. The average molecular weight is 459 g/mol. The van der Waals surface area contributed by atoms with Crippen molar-refractivity contribution in [3.05, 3.63) is 42.1 Å². The van der Waals surface area contributed by atoms with Crippen LogP contribution in [-0.2, 0) is 4.74 Å². The maximum Gasteiger partial charge on any atom is 0.149 e. The van der Waals surface area contributed by atoms with Crippen molar-refractivity contribution >= 4 is 11.5 Å². The number of anilines is 2. The van der Waals surface area contributed by atoms with Crippen molar-refractivity contribution in [2.75, 3.05) is 30.9 Å². The third-order valence-electron chi connectivity index (χ3n) is 6.96. The molecule has 4 rings (SSSR count). The number of aromatic nitrogens is 1. The summed E-state index contributed by atoms with van der Waals surface area (Å²) in [5.74, 6) is -0.0758. The van der Waals surface area contributed by atoms with Gasteiger partial charge in [-0.2, -0.15) is 0 Å². The molecule has 180 valence electrons. The van der Waals surface area contributed by atoms with Gasteiger partial charge in [0.15, 0.2) is 0 Å². The summed E-state index contributed by atoms with van der Waals surface area (Å²) in [6.45, 7) is 5.76. The molecule has 7 heteroatoms. The van der Waals surface area contributed by atoms with Crippen LogP contribution in [0.4, 0.5) is 20.3 Å². The van der Waals surface area contributed by atoms with E-state index >= 15 is 0 Å². The highest BCUT2D eigenvalue weighted by Gasteiger charge is 2.36. The summed E-state index contributed by atoms with van der Waals surface area (Å²) >= 11 is 0. The first-order chi connectivity index (χ1) is 15.8. The molecule has 0 spiro atoms. The molecule has 0 aliphatic heterocycles. The molecule has 2 saturated carbocycles. The quantitative estimate of drug-likeness (QED) is 0.434. The molecular weight excluding hydrogens is 422 g/mol. The Hall–Kier alpha value is -2.25. The number of hydrogen-bond donors (Lipinski definition) is 3. The highest BCUT2D eigenvalue weighted by molar-refractivity contribution is 5.71. The summed E-state index contributed by atoms with van der Waals surface area (Å²) in [4.78, 5) is 4.26. The normalized spacial score (nSPS) is 22.6. The van der Waals surface area contributed by atoms with Crippen LogP contribution < -0.4 is 16.0 Å². The van der Waals surface area contributed by atoms with E-state index in [0.717, 1.165) is 45.1 Å². The Morgan fingerprint density at radius 3 is 2.52 bits per heavy atom. The van der Waals surface area contributed by atoms with Gasteiger partial charge in [0.1, 0.15) is 17.5 Å². The van der Waals surface area contributed by atoms with Crippen LogP contribution in [0.1, 0.15) is 52.4 Å². The largest absolute Gasteiger partial charge is 0.383 e. The van der Waals surface area contributed by atoms with Crippen LogP contribution in [0.25, 0.3) is 11.1 Å². The van der Waals surface area contributed by atoms with Crippen LogP contribution in [0, 0.1) is 17.0 Å². The Bertz CT molecular complexity index is 942. The Morgan fingerprint density at radius 1 is 1.09 bits per heavy atom. The van der Waals surface area contributed by atoms with Gasteiger partial charge in [-0.3, -0.25) is 0 Å². The second kappa shape index (κ2) is 10.3. The predicted octanol–water partition coefficient (Wildman–Crippen LogP) is 5.59. The molecule has 2 fully saturated rings. The van der Waals surface area contributed by atoms with E-state index in [9.17, 15) is 8.78 Å². The highest BCUT2D eigenvalue weighted by Crippen LogP contribution is 2.45. The Balaban J connectivity index is 1.39. The first-order valence-electron chi connectivity index (χ1n) is 12.1. The van der Waals surface area contributed by atoms with Gasteiger partial charge in [0.2, 0.25) is 0 Å². The van der Waals surface area contributed by atoms with Gasteiger partial charge in [0.25, 0.3) is 0 Å². The fourth-order valence-corrected chi connectivity index (χ4v) is 4.58. The van der Waals surface area contributed by atoms with E-state index in [0.29, 0.717) is 47.4 Å². The van der Waals surface area contributed by atoms with Gasteiger partial charge in [-0.05, 0) is 74.6 Å². The van der Waals surface area contributed by atoms with Crippen LogP contribution in [0.15, 0.2) is 30.5 Å². The van der Waals surface area contributed by atoms with E-state index in [1.807, 2.05) is 0 Å². The zero-order valence-electron chi connectivity index (χ0n) is 19.9. The molecule has 33 heavy (non-hydrogen) atoms. The van der Waals surface area contributed by atoms with Gasteiger partial charge < -0.3 is 20.7 Å². The maximum atomic E-state index is 14.7. The van der Waals surface area contributed by atoms with Crippen molar-refractivity contribution in [2.24, 2.45) is 5.41 Å². The number of halogens is 2. The zero-order valence-corrected chi connectivity index (χ0v) is 19.9. The first-order valence-corrected chi connectivity index (χ1v) is 12.1. The lowest BCUT2D eigenvalue weighted by atomic mass is 9.90. The van der Waals surface area contributed by atoms with E-state index < -0.39 is 5.82 Å². The van der Waals surface area contributed by atoms with E-state index in [-0.39, 0.29) is 11.2 Å². The summed E-state index contributed by atoms with van der Waals surface area (Å²) in [7, 11) is 1.72. The van der Waals surface area contributed by atoms with Gasteiger partial charge in [0, 0.05) is 37.3 Å². The Morgan fingerprint density at radius 2 is 1.82 bits per heavy atom. The predicted molar refractivity (Wildman–Crippen MR) is 130 cm³/mol. The summed E-state index contributed by atoms with van der Waals surface area (Å²) in [5, 5.41) is 10.3. The molecule has 2 aliphatic carbocycles. The fourth-order valence-electron chi connectivity index (χ4n) is 4.58. The SMILES string of the molecule is COCC(C)NC1CCC(Nc2cc(-c3ccc(F)c(NCC4(C)CC4)c3)c(F)cn2)CC1. The number of ether oxygens (including phenoxy) is 1. The van der Waals surface area contributed by atoms with E-state index in [1.165, 1.54) is 12.3 Å². The van der Waals surface area contributed by atoms with Crippen molar-refractivity contribution in [3.63, 3.8) is 0 Å². The van der Waals surface area contributed by atoms with E-state index in [1.54, 1.807) is 25.3 Å². The van der Waals surface area contributed by atoms with Gasteiger partial charge in [0.05, 0.1) is 18.5 Å². The van der Waals surface area contributed by atoms with Crippen LogP contribution >= 0.6 is 0 Å². The molecule has 5 nitrogen and oxygen atoms in total. The summed E-state index contributed by atoms with van der Waals surface area (Å²) in [5.41, 5.74) is 1.73. The summed E-state index contributed by atoms with van der Waals surface area (Å²) in [6, 6.07) is 7.59. The molecule has 0 bridgehead atoms. The van der Waals surface area contributed by atoms with Crippen LogP contribution in [0.3, 0.4) is 0 Å². The molecule has 2 aliphatic rings. The monoisotopic (exact) mass is 458 g/mol. The number of benzene rings is 1. The van der Waals surface area contributed by atoms with Gasteiger partial charge in [-0.1, -0.05) is 13.0 Å². The molecule has 3 N–H and O–H groups in total. The van der Waals surface area contributed by atoms with Crippen LogP contribution in [-0.4, -0.2) is 43.4 Å². The number of rotatable bonds is 10. The molecule has 0 radical (unpaired) electrons. The van der Waals surface area contributed by atoms with Gasteiger partial charge >= 0.3 is 0 Å². The molecule has 2 aromatic rings. The van der Waals surface area contributed by atoms with E-state index in [4.69, 9.17) is 4.74 Å². The summed E-state index contributed by atoms with van der Waals surface area (Å²) in [6.07, 6.45) is 7.75. The maximum absolute atomic E-state index is 14.7. The van der Waals surface area contributed by atoms with Crippen LogP contribution in [0.2, 0.25) is 0 Å². The zero-order chi connectivity index (χ0) is 23.4. The molecular formula is C26H36F2N4O. The topological polar surface area (TPSA) is 58.2 Å². The fraction of sp³-hybridized carbons (Fsp3) is 0.577.